The molecule has 1 N–H and O–H groups in total. The van der Waals surface area contributed by atoms with Gasteiger partial charge in [0, 0.05) is 12.5 Å². The molecule has 0 radical (unpaired) electrons. The lowest BCUT2D eigenvalue weighted by atomic mass is 10.1. The molecule has 7 heteroatoms. The maximum absolute atomic E-state index is 12.3. The Morgan fingerprint density at radius 1 is 1.08 bits per heavy atom. The fourth-order valence-corrected chi connectivity index (χ4v) is 2.70. The van der Waals surface area contributed by atoms with Crippen LogP contribution in [0.4, 0.5) is 0 Å². The van der Waals surface area contributed by atoms with E-state index in [4.69, 9.17) is 4.74 Å². The molecule has 0 aromatic heterocycles. The van der Waals surface area contributed by atoms with Gasteiger partial charge in [-0.2, -0.15) is 18.4 Å². The van der Waals surface area contributed by atoms with Gasteiger partial charge in [-0.3, -0.25) is 4.79 Å². The Labute approximate surface area is 141 Å². The van der Waals surface area contributed by atoms with E-state index < -0.39 is 16.0 Å². The predicted octanol–water partition coefficient (Wildman–Crippen LogP) is 2.24. The molecule has 0 bridgehead atoms. The lowest BCUT2D eigenvalue weighted by molar-refractivity contribution is -0.139. The molecule has 0 aliphatic rings. The van der Waals surface area contributed by atoms with Crippen molar-refractivity contribution < 1.29 is 17.9 Å². The summed E-state index contributed by atoms with van der Waals surface area (Å²) in [5.41, 5.74) is 1.92. The molecule has 126 valence electrons. The number of ether oxygens (including phenoxy) is 1. The van der Waals surface area contributed by atoms with E-state index in [9.17, 15) is 13.2 Å². The van der Waals surface area contributed by atoms with Crippen LogP contribution in [0.25, 0.3) is 0 Å². The minimum absolute atomic E-state index is 0.108. The second kappa shape index (κ2) is 7.74. The number of nitrogens with one attached hydrogen (secondary N) is 1. The summed E-state index contributed by atoms with van der Waals surface area (Å²) in [4.78, 5) is 13.3. The maximum Gasteiger partial charge on any atom is 0.303 e. The number of carbonyl (C=O) groups excluding carboxylic acids is 1. The molecule has 24 heavy (non-hydrogen) atoms. The lowest BCUT2D eigenvalue weighted by Gasteiger charge is -2.09. The summed E-state index contributed by atoms with van der Waals surface area (Å²) >= 11 is 0. The van der Waals surface area contributed by atoms with Crippen LogP contribution in [0.3, 0.4) is 0 Å². The van der Waals surface area contributed by atoms with Gasteiger partial charge in [-0.05, 0) is 19.1 Å². The third kappa shape index (κ3) is 4.92. The molecule has 0 heterocycles. The van der Waals surface area contributed by atoms with E-state index in [0.717, 1.165) is 5.56 Å². The SMILES string of the molecule is CC(=O)OCC(=NNS(=O)(=O)c1ccc(C)cc1)c1ccccc1. The van der Waals surface area contributed by atoms with Crippen LogP contribution in [-0.4, -0.2) is 26.7 Å². The maximum atomic E-state index is 12.3. The number of hydrogen-bond acceptors (Lipinski definition) is 5. The van der Waals surface area contributed by atoms with E-state index in [1.54, 1.807) is 36.4 Å². The van der Waals surface area contributed by atoms with Crippen molar-refractivity contribution in [3.63, 3.8) is 0 Å². The van der Waals surface area contributed by atoms with Crippen LogP contribution in [0.5, 0.6) is 0 Å². The van der Waals surface area contributed by atoms with Gasteiger partial charge in [-0.25, -0.2) is 0 Å². The van der Waals surface area contributed by atoms with E-state index in [1.165, 1.54) is 19.1 Å². The number of nitrogens with zero attached hydrogens (tertiary/aromatic N) is 1. The molecule has 0 saturated carbocycles. The van der Waals surface area contributed by atoms with Gasteiger partial charge in [-0.15, -0.1) is 0 Å². The van der Waals surface area contributed by atoms with Gasteiger partial charge in [-0.1, -0.05) is 48.0 Å². The minimum Gasteiger partial charge on any atom is -0.459 e. The van der Waals surface area contributed by atoms with Crippen molar-refractivity contribution in [1.29, 1.82) is 0 Å². The fraction of sp³-hybridized carbons (Fsp3) is 0.176. The summed E-state index contributed by atoms with van der Waals surface area (Å²) in [6.45, 7) is 3.02. The smallest absolute Gasteiger partial charge is 0.303 e. The van der Waals surface area contributed by atoms with Crippen molar-refractivity contribution in [3.05, 3.63) is 65.7 Å². The van der Waals surface area contributed by atoms with Crippen LogP contribution < -0.4 is 4.83 Å². The normalized spacial score (nSPS) is 11.8. The number of esters is 1. The molecule has 0 aliphatic heterocycles. The molecule has 0 unspecified atom stereocenters. The first kappa shape index (κ1) is 17.7. The monoisotopic (exact) mass is 346 g/mol. The summed E-state index contributed by atoms with van der Waals surface area (Å²) in [6, 6.07) is 15.3. The molecule has 2 rings (SSSR count). The van der Waals surface area contributed by atoms with Gasteiger partial charge in [0.25, 0.3) is 10.0 Å². The van der Waals surface area contributed by atoms with Gasteiger partial charge >= 0.3 is 5.97 Å². The molecule has 0 atom stereocenters. The van der Waals surface area contributed by atoms with E-state index >= 15 is 0 Å². The Balaban J connectivity index is 2.25. The van der Waals surface area contributed by atoms with Crippen molar-refractivity contribution in [2.75, 3.05) is 6.61 Å². The van der Waals surface area contributed by atoms with Crippen molar-refractivity contribution >= 4 is 21.7 Å². The van der Waals surface area contributed by atoms with Gasteiger partial charge in [0.05, 0.1) is 4.90 Å². The molecule has 2 aromatic rings. The lowest BCUT2D eigenvalue weighted by Crippen LogP contribution is -2.23. The average molecular weight is 346 g/mol. The fourth-order valence-electron chi connectivity index (χ4n) is 1.87. The Morgan fingerprint density at radius 3 is 2.29 bits per heavy atom. The van der Waals surface area contributed by atoms with Crippen molar-refractivity contribution in [3.8, 4) is 0 Å². The van der Waals surface area contributed by atoms with Crippen LogP contribution in [0.1, 0.15) is 18.1 Å². The van der Waals surface area contributed by atoms with Crippen LogP contribution in [0.2, 0.25) is 0 Å². The minimum atomic E-state index is -3.80. The summed E-state index contributed by atoms with van der Waals surface area (Å²) in [5.74, 6) is -0.472. The van der Waals surface area contributed by atoms with Gasteiger partial charge < -0.3 is 4.74 Å². The van der Waals surface area contributed by atoms with Crippen LogP contribution >= 0.6 is 0 Å². The van der Waals surface area contributed by atoms with E-state index in [1.807, 2.05) is 13.0 Å². The molecule has 0 fully saturated rings. The Kier molecular flexibility index (Phi) is 5.70. The number of sulfonamides is 1. The number of aryl methyl sites for hydroxylation is 1. The third-order valence-electron chi connectivity index (χ3n) is 3.15. The Hall–Kier alpha value is -2.67. The summed E-state index contributed by atoms with van der Waals surface area (Å²) in [6.07, 6.45) is 0. The highest BCUT2D eigenvalue weighted by Gasteiger charge is 2.14. The largest absolute Gasteiger partial charge is 0.459 e. The molecule has 2 aromatic carbocycles. The van der Waals surface area contributed by atoms with Gasteiger partial charge in [0.1, 0.15) is 12.3 Å². The topological polar surface area (TPSA) is 84.8 Å². The van der Waals surface area contributed by atoms with Crippen molar-refractivity contribution in [2.24, 2.45) is 5.10 Å². The second-order valence-electron chi connectivity index (χ2n) is 5.11. The predicted molar refractivity (Wildman–Crippen MR) is 91.1 cm³/mol. The number of rotatable bonds is 6. The second-order valence-corrected chi connectivity index (χ2v) is 6.77. The molecule has 0 amide bonds. The highest BCUT2D eigenvalue weighted by Crippen LogP contribution is 2.10. The molecule has 0 aliphatic carbocycles. The molecular weight excluding hydrogens is 328 g/mol. The molecular formula is C17H18N2O4S. The van der Waals surface area contributed by atoms with Crippen LogP contribution in [0.15, 0.2) is 64.6 Å². The highest BCUT2D eigenvalue weighted by molar-refractivity contribution is 7.89. The molecule has 6 nitrogen and oxygen atoms in total. The summed E-state index contributed by atoms with van der Waals surface area (Å²) in [5, 5.41) is 3.94. The van der Waals surface area contributed by atoms with E-state index in [2.05, 4.69) is 9.93 Å². The molecule has 0 spiro atoms. The molecule has 0 saturated heterocycles. The summed E-state index contributed by atoms with van der Waals surface area (Å²) in [7, 11) is -3.80. The quantitative estimate of drug-likeness (QED) is 0.494. The first-order chi connectivity index (χ1) is 11.4. The summed E-state index contributed by atoms with van der Waals surface area (Å²) < 4.78 is 29.5. The highest BCUT2D eigenvalue weighted by atomic mass is 32.2. The number of hydrazone groups is 1. The average Bonchev–Trinajstić information content (AvgIpc) is 2.56. The van der Waals surface area contributed by atoms with Gasteiger partial charge in [0.2, 0.25) is 0 Å². The first-order valence-electron chi connectivity index (χ1n) is 7.22. The Morgan fingerprint density at radius 2 is 1.71 bits per heavy atom. The third-order valence-corrected chi connectivity index (χ3v) is 4.38. The van der Waals surface area contributed by atoms with Crippen molar-refractivity contribution in [2.45, 2.75) is 18.7 Å². The Bertz CT molecular complexity index is 829. The zero-order chi connectivity index (χ0) is 17.6. The zero-order valence-corrected chi connectivity index (χ0v) is 14.2. The first-order valence-corrected chi connectivity index (χ1v) is 8.70. The van der Waals surface area contributed by atoms with Crippen LogP contribution in [-0.2, 0) is 19.6 Å². The number of benzene rings is 2. The van der Waals surface area contributed by atoms with Crippen molar-refractivity contribution in [1.82, 2.24) is 4.83 Å². The van der Waals surface area contributed by atoms with Gasteiger partial charge in [0.15, 0.2) is 0 Å². The standard InChI is InChI=1S/C17H18N2O4S/c1-13-8-10-16(11-9-13)24(21,22)19-18-17(12-23-14(2)20)15-6-4-3-5-7-15/h3-11,19H,12H2,1-2H3. The number of carbonyl (C=O) groups is 1. The zero-order valence-electron chi connectivity index (χ0n) is 13.4. The van der Waals surface area contributed by atoms with E-state index in [-0.39, 0.29) is 11.5 Å². The van der Waals surface area contributed by atoms with E-state index in [0.29, 0.717) is 11.3 Å². The van der Waals surface area contributed by atoms with Crippen LogP contribution in [0, 0.1) is 6.92 Å². The number of hydrogen-bond donors (Lipinski definition) is 1.